The second kappa shape index (κ2) is 59.5. The van der Waals surface area contributed by atoms with E-state index >= 15 is 4.39 Å². The molecule has 3 atom stereocenters. The van der Waals surface area contributed by atoms with E-state index in [2.05, 4.69) is 121 Å². The normalized spacial score (nSPS) is 13.9. The smallest absolute Gasteiger partial charge is 0.414 e. The Morgan fingerprint density at radius 2 is 0.855 bits per heavy atom. The lowest BCUT2D eigenvalue weighted by Crippen LogP contribution is -2.37. The molecule has 9 amide bonds. The molecular formula is C90H119BrCl3F3N22O15S4. The Morgan fingerprint density at radius 3 is 1.17 bits per heavy atom. The summed E-state index contributed by atoms with van der Waals surface area (Å²) in [5, 5.41) is 44.2. The van der Waals surface area contributed by atoms with Gasteiger partial charge >= 0.3 is 36.6 Å². The van der Waals surface area contributed by atoms with Crippen LogP contribution in [0.2, 0.25) is 0 Å². The summed E-state index contributed by atoms with van der Waals surface area (Å²) in [4.78, 5) is 126. The number of carbonyl (C=O) groups excluding carboxylic acids is 9. The molecule has 0 aliphatic carbocycles. The van der Waals surface area contributed by atoms with Crippen molar-refractivity contribution in [2.24, 2.45) is 0 Å². The third-order valence-corrected chi connectivity index (χ3v) is 21.5. The predicted octanol–water partition coefficient (Wildman–Crippen LogP) is 17.2. The van der Waals surface area contributed by atoms with E-state index in [9.17, 15) is 51.9 Å². The Labute approximate surface area is 842 Å². The van der Waals surface area contributed by atoms with E-state index < -0.39 is 83.0 Å². The number of anilines is 3. The van der Waals surface area contributed by atoms with Crippen molar-refractivity contribution in [1.29, 1.82) is 0 Å². The second-order valence-corrected chi connectivity index (χ2v) is 36.9. The summed E-state index contributed by atoms with van der Waals surface area (Å²) < 4.78 is 76.5. The lowest BCUT2D eigenvalue weighted by molar-refractivity contribution is -0.120. The molecule has 10 aromatic rings. The maximum atomic E-state index is 15.2. The van der Waals surface area contributed by atoms with E-state index in [0.29, 0.717) is 99.4 Å². The van der Waals surface area contributed by atoms with Gasteiger partial charge in [-0.2, -0.15) is 15.3 Å². The molecular weight excluding hydrogens is 2000 g/mol. The van der Waals surface area contributed by atoms with E-state index in [1.165, 1.54) is 103 Å². The summed E-state index contributed by atoms with van der Waals surface area (Å²) in [6.45, 7) is 25.3. The number of nitrogens with one attached hydrogen (secondary N) is 11. The van der Waals surface area contributed by atoms with Crippen molar-refractivity contribution in [2.45, 2.75) is 167 Å². The van der Waals surface area contributed by atoms with E-state index in [4.69, 9.17) is 40.0 Å². The number of benzene rings is 6. The highest BCUT2D eigenvalue weighted by Gasteiger charge is 2.36. The molecule has 0 saturated carbocycles. The Balaban J connectivity index is 0.000000371. The molecule has 0 spiro atoms. The molecule has 0 radical (unpaired) electrons. The van der Waals surface area contributed by atoms with Crippen LogP contribution in [0.5, 0.6) is 0 Å². The van der Waals surface area contributed by atoms with E-state index in [-0.39, 0.29) is 103 Å². The van der Waals surface area contributed by atoms with Crippen LogP contribution in [0.1, 0.15) is 115 Å². The number of halogens is 7. The van der Waals surface area contributed by atoms with Crippen LogP contribution >= 0.6 is 99.8 Å². The van der Waals surface area contributed by atoms with Gasteiger partial charge in [-0.25, -0.2) is 61.9 Å². The number of nitrogens with zero attached hydrogens (tertiary/aromatic N) is 11. The molecule has 3 fully saturated rings. The monoisotopic (exact) mass is 2120 g/mol. The molecule has 13 rings (SSSR count). The highest BCUT2D eigenvalue weighted by atomic mass is 79.9. The van der Waals surface area contributed by atoms with E-state index in [1.54, 1.807) is 65.2 Å². The third-order valence-electron chi connectivity index (χ3n) is 17.9. The fraction of sp³-hybridized carbons (Fsp3) is 0.411. The number of hydrogen-bond donors (Lipinski definition) is 11. The van der Waals surface area contributed by atoms with Crippen LogP contribution in [-0.2, 0) is 61.8 Å². The first kappa shape index (κ1) is 119. The number of amides is 9. The van der Waals surface area contributed by atoms with Crippen molar-refractivity contribution in [2.75, 3.05) is 103 Å². The van der Waals surface area contributed by atoms with Gasteiger partial charge < -0.3 is 65.2 Å². The number of aromatic nitrogens is 12. The molecule has 48 heteroatoms. The van der Waals surface area contributed by atoms with Gasteiger partial charge in [-0.15, -0.1) is 36.4 Å². The summed E-state index contributed by atoms with van der Waals surface area (Å²) in [6, 6.07) is 36.1. The molecule has 7 heterocycles. The van der Waals surface area contributed by atoms with Crippen molar-refractivity contribution in [3.05, 3.63) is 192 Å². The topological polar surface area (TPSA) is 463 Å². The van der Waals surface area contributed by atoms with Gasteiger partial charge in [0.25, 0.3) is 0 Å². The molecule has 6 aromatic carbocycles. The molecule has 4 aromatic heterocycles. The SMILES string of the molecule is C.C.CC(=O)NC[C@H]1CN(c2ccc(-c3ccc(CCl)cc3)c(F)c2)C(=O)O1.CC(=O)NC[C@H]1CN(c2ccc(-c3ccc(CN(CCSc4ncn[nH]4)C(=O)OC(C)(C)C)cc3)c(F)c2)C(=O)O1.CC(=O)NC[C@H]1CN(c2ccc(-c3ccc(CNCCSc4ncn[nH]4)cc3)c(F)c2)C(=O)O1.CC(C)(C)OC(=O)NCCBr.CC(C)(C)OC(=O)NCCSc1ncn[nH]1.Cl.Cl.S=c1nc[nH][nH]1. The van der Waals surface area contributed by atoms with Crippen LogP contribution in [0.25, 0.3) is 33.4 Å². The number of carbonyl (C=O) groups is 9. The first-order chi connectivity index (χ1) is 63.8. The maximum Gasteiger partial charge on any atom is 0.414 e. The molecule has 138 heavy (non-hydrogen) atoms. The molecule has 3 aliphatic heterocycles. The minimum atomic E-state index is -0.640. The zero-order chi connectivity index (χ0) is 97.5. The van der Waals surface area contributed by atoms with Crippen LogP contribution in [-0.4, -0.2) is 243 Å². The fourth-order valence-electron chi connectivity index (χ4n) is 11.9. The summed E-state index contributed by atoms with van der Waals surface area (Å²) in [5.74, 6) is 0.598. The lowest BCUT2D eigenvalue weighted by Gasteiger charge is -2.27. The number of H-pyrrole nitrogens is 5. The van der Waals surface area contributed by atoms with Gasteiger partial charge in [0.15, 0.2) is 15.5 Å². The van der Waals surface area contributed by atoms with Crippen LogP contribution in [0.15, 0.2) is 168 Å². The first-order valence-electron chi connectivity index (χ1n) is 41.9. The zero-order valence-corrected chi connectivity index (χ0v) is 83.8. The molecule has 0 bridgehead atoms. The molecule has 37 nitrogen and oxygen atoms in total. The summed E-state index contributed by atoms with van der Waals surface area (Å²) >= 11 is 18.0. The number of aromatic amines is 5. The Bertz CT molecular complexity index is 5470. The van der Waals surface area contributed by atoms with Crippen LogP contribution in [0, 0.1) is 22.2 Å². The second-order valence-electron chi connectivity index (χ2n) is 32.3. The Morgan fingerprint density at radius 1 is 0.500 bits per heavy atom. The number of hydrogen-bond acceptors (Lipinski definition) is 27. The van der Waals surface area contributed by atoms with Gasteiger partial charge in [-0.1, -0.05) is 139 Å². The zero-order valence-electron chi connectivity index (χ0n) is 76.6. The molecule has 752 valence electrons. The first-order valence-corrected chi connectivity index (χ1v) is 46.9. The summed E-state index contributed by atoms with van der Waals surface area (Å²) in [5.41, 5.74) is 6.00. The number of thioether (sulfide) groups is 3. The van der Waals surface area contributed by atoms with Crippen molar-refractivity contribution >= 4 is 171 Å². The Kier molecular flexibility index (Phi) is 51.2. The molecule has 11 N–H and O–H groups in total. The van der Waals surface area contributed by atoms with Crippen molar-refractivity contribution in [3.63, 3.8) is 0 Å². The fourth-order valence-corrected chi connectivity index (χ4v) is 14.5. The van der Waals surface area contributed by atoms with Gasteiger partial charge in [-0.05, 0) is 163 Å². The van der Waals surface area contributed by atoms with Crippen LogP contribution in [0.3, 0.4) is 0 Å². The lowest BCUT2D eigenvalue weighted by atomic mass is 10.0. The summed E-state index contributed by atoms with van der Waals surface area (Å²) in [7, 11) is 0. The van der Waals surface area contributed by atoms with Crippen molar-refractivity contribution in [1.82, 2.24) is 97.5 Å². The number of ether oxygens (including phenoxy) is 6. The molecule has 0 unspecified atom stereocenters. The number of alkyl halides is 2. The van der Waals surface area contributed by atoms with Crippen molar-refractivity contribution in [3.8, 4) is 33.4 Å². The number of cyclic esters (lactones) is 3. The minimum absolute atomic E-state index is 0. The average molecular weight is 2120 g/mol. The maximum absolute atomic E-state index is 15.2. The molecule has 3 saturated heterocycles. The largest absolute Gasteiger partial charge is 0.444 e. The highest BCUT2D eigenvalue weighted by Crippen LogP contribution is 2.34. The van der Waals surface area contributed by atoms with Gasteiger partial charge in [0.2, 0.25) is 22.5 Å². The average Bonchev–Trinajstić information content (AvgIpc) is 1.56. The van der Waals surface area contributed by atoms with E-state index in [1.807, 2.05) is 123 Å². The van der Waals surface area contributed by atoms with Crippen LogP contribution < -0.4 is 46.6 Å². The van der Waals surface area contributed by atoms with Gasteiger partial charge in [0, 0.05) is 105 Å². The van der Waals surface area contributed by atoms with Crippen LogP contribution in [0.4, 0.5) is 59.0 Å². The highest BCUT2D eigenvalue weighted by molar-refractivity contribution is 9.09. The predicted molar refractivity (Wildman–Crippen MR) is 538 cm³/mol. The van der Waals surface area contributed by atoms with Gasteiger partial charge in [0.05, 0.1) is 56.3 Å². The number of alkyl carbamates (subject to hydrolysis) is 2. The number of rotatable bonds is 31. The molecule has 3 aliphatic rings. The quantitative estimate of drug-likeness (QED) is 0.00632. The summed E-state index contributed by atoms with van der Waals surface area (Å²) in [6.07, 6.45) is 1.52. The third kappa shape index (κ3) is 42.7. The van der Waals surface area contributed by atoms with Crippen molar-refractivity contribution < 1.29 is 84.7 Å². The van der Waals surface area contributed by atoms with E-state index in [0.717, 1.165) is 55.8 Å². The van der Waals surface area contributed by atoms with Gasteiger partial charge in [0.1, 0.15) is 77.9 Å². The Hall–Kier alpha value is -11.7. The minimum Gasteiger partial charge on any atom is -0.444 e. The standard InChI is InChI=1S/C28H33FN6O5S.C23H25FN6O3S.C19H18ClFN2O3.C9H16N4O2S.C7H14BrNO2.C2H3N3S.2CH4.2ClH/c1-18(36)30-14-22-16-35(27(38)39-22)21-9-10-23(24(29)13-21)20-7-5-19(6-8-20)15-34(26(37)40-28(2,3)4)11-12-41-25-31-17-32-33-25;1-15(31)26-12-19-13-30(23(32)33-19)18-6-7-20(21(24)10-18)17-4-2-16(3-5-17)11-25-8-9-34-22-27-14-28-29-22;1-12(24)22-10-16-11-23(19(25)26-16)15-6-7-17(18(21)8-15)14-4-2-13(9-20)3-5-14;1-9(2,3)15-8(14)10-4-5-16-7-11-6-12-13-7;1-7(2,3)11-6(10)9-5-4-8;6-2-3-1-4-5-2;;;;/h5-10,13,17,22H,11-12,14-16H2,1-4H3,(H,30,36)(H,31,32,33);2-7,10,14,19,25H,8-9,11-13H2,1H3,(H,26,31)(H,27,28,29);2-8,16H,9-11H2,1H3,(H,22,24);6H,4-5H2,1-3H3,(H,10,14)(H,11,12,13);4-5H2,1-3H3,(H,9,10);1H,(H2,3,4,5,6);2*1H4;2*1H/t22-;19-;16-;;;;;;;/m000......./s1. The van der Waals surface area contributed by atoms with Gasteiger partial charge in [-0.3, -0.25) is 54.6 Å².